The number of hydrogen-bond donors (Lipinski definition) is 0. The van der Waals surface area contributed by atoms with Crippen LogP contribution in [0.3, 0.4) is 0 Å². The zero-order valence-electron chi connectivity index (χ0n) is 21.5. The number of carbonyl (C=O) groups excluding carboxylic acids is 2. The second kappa shape index (κ2) is 10.6. The molecule has 1 heterocycles. The van der Waals surface area contributed by atoms with Gasteiger partial charge in [0.15, 0.2) is 0 Å². The molecule has 0 fully saturated rings. The van der Waals surface area contributed by atoms with Gasteiger partial charge in [0.25, 0.3) is 0 Å². The fourth-order valence-electron chi connectivity index (χ4n) is 4.50. The van der Waals surface area contributed by atoms with Gasteiger partial charge in [-0.25, -0.2) is 9.59 Å². The molecular weight excluding hydrogens is 476 g/mol. The number of hydrogen-bond acceptors (Lipinski definition) is 5. The lowest BCUT2D eigenvalue weighted by Gasteiger charge is -2.41. The molecule has 0 bridgehead atoms. The number of rotatable bonds is 8. The molecule has 4 rings (SSSR count). The van der Waals surface area contributed by atoms with E-state index in [0.717, 1.165) is 22.3 Å². The summed E-state index contributed by atoms with van der Waals surface area (Å²) < 4.78 is 17.1. The van der Waals surface area contributed by atoms with Gasteiger partial charge in [0.2, 0.25) is 0 Å². The van der Waals surface area contributed by atoms with Crippen LogP contribution in [0.2, 0.25) is 0 Å². The van der Waals surface area contributed by atoms with E-state index in [2.05, 4.69) is 26.3 Å². The van der Waals surface area contributed by atoms with E-state index in [0.29, 0.717) is 34.2 Å². The van der Waals surface area contributed by atoms with Crippen LogP contribution in [0.5, 0.6) is 17.2 Å². The molecule has 5 nitrogen and oxygen atoms in total. The Balaban J connectivity index is 1.95. The second-order valence-corrected chi connectivity index (χ2v) is 8.92. The van der Waals surface area contributed by atoms with Crippen molar-refractivity contribution in [2.45, 2.75) is 19.3 Å². The van der Waals surface area contributed by atoms with Crippen LogP contribution in [0, 0.1) is 0 Å². The highest BCUT2D eigenvalue weighted by molar-refractivity contribution is 5.89. The molecule has 0 N–H and O–H groups in total. The number of benzene rings is 3. The van der Waals surface area contributed by atoms with Crippen molar-refractivity contribution < 1.29 is 23.8 Å². The summed E-state index contributed by atoms with van der Waals surface area (Å²) in [6, 6.07) is 22.4. The van der Waals surface area contributed by atoms with Gasteiger partial charge >= 0.3 is 11.9 Å². The highest BCUT2D eigenvalue weighted by Gasteiger charge is 2.45. The highest BCUT2D eigenvalue weighted by atomic mass is 16.5. The number of para-hydroxylation sites is 1. The standard InChI is InChI=1S/C33H28O5/c1-7-27-29(8-2)38-30-12-10-9-11-28(30)33(27,23-13-17-25(18-14-23)36-31(34)21(3)4)24-15-19-26(20-16-24)37-32(35)22(5)6/h7-20H,1-3,5H2,4,6H3. The van der Waals surface area contributed by atoms with E-state index in [1.54, 1.807) is 50.3 Å². The third-order valence-corrected chi connectivity index (χ3v) is 6.26. The molecule has 0 radical (unpaired) electrons. The van der Waals surface area contributed by atoms with Gasteiger partial charge in [-0.2, -0.15) is 0 Å². The van der Waals surface area contributed by atoms with Gasteiger partial charge in [-0.05, 0) is 61.4 Å². The molecule has 0 unspecified atom stereocenters. The number of carbonyl (C=O) groups is 2. The van der Waals surface area contributed by atoms with Crippen molar-refractivity contribution in [1.29, 1.82) is 0 Å². The predicted octanol–water partition coefficient (Wildman–Crippen LogP) is 7.00. The summed E-state index contributed by atoms with van der Waals surface area (Å²) in [5, 5.41) is 0. The maximum Gasteiger partial charge on any atom is 0.338 e. The number of ether oxygens (including phenoxy) is 3. The minimum atomic E-state index is -0.867. The molecule has 5 heteroatoms. The van der Waals surface area contributed by atoms with Crippen molar-refractivity contribution >= 4 is 11.9 Å². The van der Waals surface area contributed by atoms with Crippen LogP contribution >= 0.6 is 0 Å². The topological polar surface area (TPSA) is 61.8 Å². The molecule has 38 heavy (non-hydrogen) atoms. The van der Waals surface area contributed by atoms with E-state index in [1.807, 2.05) is 48.5 Å². The maximum absolute atomic E-state index is 12.1. The molecular formula is C33H28O5. The average Bonchev–Trinajstić information content (AvgIpc) is 2.92. The van der Waals surface area contributed by atoms with Crippen molar-refractivity contribution in [2.24, 2.45) is 0 Å². The molecule has 0 spiro atoms. The first-order valence-electron chi connectivity index (χ1n) is 12.0. The Morgan fingerprint density at radius 3 is 1.63 bits per heavy atom. The molecule has 0 aliphatic carbocycles. The number of esters is 2. The van der Waals surface area contributed by atoms with E-state index < -0.39 is 17.4 Å². The zero-order valence-corrected chi connectivity index (χ0v) is 21.5. The predicted molar refractivity (Wildman–Crippen MR) is 148 cm³/mol. The minimum absolute atomic E-state index is 0.309. The Morgan fingerprint density at radius 2 is 1.21 bits per heavy atom. The molecule has 3 aromatic carbocycles. The van der Waals surface area contributed by atoms with Crippen LogP contribution in [0.25, 0.3) is 0 Å². The highest BCUT2D eigenvalue weighted by Crippen LogP contribution is 2.53. The van der Waals surface area contributed by atoms with Crippen LogP contribution in [0.1, 0.15) is 30.5 Å². The second-order valence-electron chi connectivity index (χ2n) is 8.92. The fraction of sp³-hybridized carbons (Fsp3) is 0.0909. The summed E-state index contributed by atoms with van der Waals surface area (Å²) in [5.74, 6) is 1.03. The molecule has 0 saturated carbocycles. The lowest BCUT2D eigenvalue weighted by Crippen LogP contribution is -2.35. The van der Waals surface area contributed by atoms with Gasteiger partial charge in [0, 0.05) is 22.3 Å². The van der Waals surface area contributed by atoms with Crippen LogP contribution in [-0.2, 0) is 15.0 Å². The summed E-state index contributed by atoms with van der Waals surface area (Å²) in [7, 11) is 0. The average molecular weight is 505 g/mol. The lowest BCUT2D eigenvalue weighted by atomic mass is 9.63. The number of fused-ring (bicyclic) bond motifs is 1. The maximum atomic E-state index is 12.1. The van der Waals surface area contributed by atoms with Crippen LogP contribution in [0.15, 0.2) is 134 Å². The van der Waals surface area contributed by atoms with E-state index in [1.165, 1.54) is 0 Å². The normalized spacial score (nSPS) is 13.4. The monoisotopic (exact) mass is 504 g/mol. The first kappa shape index (κ1) is 26.2. The van der Waals surface area contributed by atoms with Crippen molar-refractivity contribution in [3.05, 3.63) is 150 Å². The first-order valence-corrected chi connectivity index (χ1v) is 12.0. The Kier molecular flexibility index (Phi) is 7.31. The van der Waals surface area contributed by atoms with Crippen LogP contribution in [0.4, 0.5) is 0 Å². The number of allylic oxidation sites excluding steroid dienone is 3. The van der Waals surface area contributed by atoms with Gasteiger partial charge in [-0.3, -0.25) is 0 Å². The SMILES string of the molecule is C=CC1=C(C=C)C(c2ccc(OC(=O)C(=C)C)cc2)(c2ccc(OC(=O)C(=C)C)cc2)c2ccccc2O1. The summed E-state index contributed by atoms with van der Waals surface area (Å²) in [6.45, 7) is 18.6. The van der Waals surface area contributed by atoms with Crippen molar-refractivity contribution in [3.63, 3.8) is 0 Å². The molecule has 0 saturated heterocycles. The summed E-state index contributed by atoms with van der Waals surface area (Å²) >= 11 is 0. The smallest absolute Gasteiger partial charge is 0.338 e. The van der Waals surface area contributed by atoms with E-state index >= 15 is 0 Å². The van der Waals surface area contributed by atoms with Crippen molar-refractivity contribution in [2.75, 3.05) is 0 Å². The van der Waals surface area contributed by atoms with Gasteiger partial charge in [0.1, 0.15) is 23.0 Å². The quantitative estimate of drug-likeness (QED) is 0.188. The van der Waals surface area contributed by atoms with Gasteiger partial charge in [-0.15, -0.1) is 0 Å². The molecule has 1 aliphatic heterocycles. The minimum Gasteiger partial charge on any atom is -0.457 e. The Hall–Kier alpha value is -4.90. The molecule has 0 amide bonds. The fourth-order valence-corrected chi connectivity index (χ4v) is 4.50. The molecule has 190 valence electrons. The summed E-state index contributed by atoms with van der Waals surface area (Å²) in [6.07, 6.45) is 3.42. The largest absolute Gasteiger partial charge is 0.457 e. The van der Waals surface area contributed by atoms with E-state index in [-0.39, 0.29) is 0 Å². The molecule has 3 aromatic rings. The Bertz CT molecular complexity index is 1420. The van der Waals surface area contributed by atoms with Gasteiger partial charge < -0.3 is 14.2 Å². The first-order chi connectivity index (χ1) is 18.2. The van der Waals surface area contributed by atoms with Crippen LogP contribution in [-0.4, -0.2) is 11.9 Å². The van der Waals surface area contributed by atoms with Crippen molar-refractivity contribution in [1.82, 2.24) is 0 Å². The Morgan fingerprint density at radius 1 is 0.737 bits per heavy atom. The lowest BCUT2D eigenvalue weighted by molar-refractivity contribution is -0.130. The summed E-state index contributed by atoms with van der Waals surface area (Å²) in [5.41, 5.74) is 3.18. The van der Waals surface area contributed by atoms with Crippen LogP contribution < -0.4 is 14.2 Å². The Labute approximate surface area is 222 Å². The summed E-state index contributed by atoms with van der Waals surface area (Å²) in [4.78, 5) is 24.1. The third-order valence-electron chi connectivity index (χ3n) is 6.26. The van der Waals surface area contributed by atoms with Gasteiger partial charge in [0.05, 0.1) is 5.41 Å². The van der Waals surface area contributed by atoms with Gasteiger partial charge in [-0.1, -0.05) is 74.9 Å². The molecule has 0 atom stereocenters. The third kappa shape index (κ3) is 4.62. The van der Waals surface area contributed by atoms with E-state index in [4.69, 9.17) is 14.2 Å². The molecule has 0 aromatic heterocycles. The van der Waals surface area contributed by atoms with E-state index in [9.17, 15) is 9.59 Å². The molecule has 1 aliphatic rings. The zero-order chi connectivity index (χ0) is 27.4. The van der Waals surface area contributed by atoms with Crippen molar-refractivity contribution in [3.8, 4) is 17.2 Å².